The first-order valence-electron chi connectivity index (χ1n) is 9.99. The fourth-order valence-corrected chi connectivity index (χ4v) is 3.64. The van der Waals surface area contributed by atoms with E-state index in [1.54, 1.807) is 7.11 Å². The number of carboxylic acids is 1. The molecule has 3 heteroatoms. The molecule has 27 heavy (non-hydrogen) atoms. The third kappa shape index (κ3) is 5.35. The lowest BCUT2D eigenvalue weighted by Crippen LogP contribution is -2.23. The summed E-state index contributed by atoms with van der Waals surface area (Å²) in [6, 6.07) is 14.4. The van der Waals surface area contributed by atoms with Gasteiger partial charge >= 0.3 is 5.97 Å². The normalized spacial score (nSPS) is 10.7. The lowest BCUT2D eigenvalue weighted by molar-refractivity contribution is -0.136. The minimum atomic E-state index is -0.857. The van der Waals surface area contributed by atoms with Gasteiger partial charge in [-0.15, -0.1) is 0 Å². The molecule has 0 radical (unpaired) electrons. The average molecular weight is 371 g/mol. The van der Waals surface area contributed by atoms with Gasteiger partial charge in [-0.25, -0.2) is 0 Å². The van der Waals surface area contributed by atoms with E-state index in [1.807, 2.05) is 32.0 Å². The number of hydrogen-bond acceptors (Lipinski definition) is 2. The SMILES string of the molecule is CC.CCC(CC)(CC)c1ccc(-c2ccc(OC)c(CC(=O)O)c2)cc1. The quantitative estimate of drug-likeness (QED) is 0.578. The van der Waals surface area contributed by atoms with Crippen LogP contribution in [0, 0.1) is 0 Å². The molecular weight excluding hydrogens is 336 g/mol. The van der Waals surface area contributed by atoms with Crippen LogP contribution >= 0.6 is 0 Å². The van der Waals surface area contributed by atoms with Gasteiger partial charge in [-0.3, -0.25) is 4.79 Å². The van der Waals surface area contributed by atoms with Crippen molar-refractivity contribution in [3.8, 4) is 16.9 Å². The van der Waals surface area contributed by atoms with Crippen LogP contribution in [0.5, 0.6) is 5.75 Å². The van der Waals surface area contributed by atoms with Crippen molar-refractivity contribution >= 4 is 5.97 Å². The van der Waals surface area contributed by atoms with Crippen molar-refractivity contribution in [1.82, 2.24) is 0 Å². The van der Waals surface area contributed by atoms with Crippen molar-refractivity contribution in [3.05, 3.63) is 53.6 Å². The van der Waals surface area contributed by atoms with E-state index in [1.165, 1.54) is 5.56 Å². The molecule has 0 saturated carbocycles. The number of rotatable bonds is 8. The zero-order chi connectivity index (χ0) is 20.4. The Balaban J connectivity index is 0.00000176. The minimum absolute atomic E-state index is 0.0420. The number of ether oxygens (including phenoxy) is 1. The van der Waals surface area contributed by atoms with E-state index in [4.69, 9.17) is 9.84 Å². The van der Waals surface area contributed by atoms with E-state index in [9.17, 15) is 4.79 Å². The molecule has 148 valence electrons. The maximum atomic E-state index is 11.1. The van der Waals surface area contributed by atoms with Crippen molar-refractivity contribution in [2.24, 2.45) is 0 Å². The molecule has 0 unspecified atom stereocenters. The summed E-state index contributed by atoms with van der Waals surface area (Å²) in [6.07, 6.45) is 3.35. The highest BCUT2D eigenvalue weighted by atomic mass is 16.5. The zero-order valence-electron chi connectivity index (χ0n) is 17.6. The largest absolute Gasteiger partial charge is 0.496 e. The second-order valence-electron chi connectivity index (χ2n) is 6.52. The Bertz CT molecular complexity index is 705. The Labute approximate surface area is 164 Å². The first-order chi connectivity index (χ1) is 13.0. The van der Waals surface area contributed by atoms with E-state index in [2.05, 4.69) is 45.0 Å². The Kier molecular flexibility index (Phi) is 9.07. The molecule has 0 atom stereocenters. The summed E-state index contributed by atoms with van der Waals surface area (Å²) in [5.41, 5.74) is 4.42. The molecule has 0 saturated heterocycles. The van der Waals surface area contributed by atoms with E-state index >= 15 is 0 Å². The van der Waals surface area contributed by atoms with Crippen LogP contribution in [0.25, 0.3) is 11.1 Å². The van der Waals surface area contributed by atoms with Gasteiger partial charge in [0.1, 0.15) is 5.75 Å². The van der Waals surface area contributed by atoms with Crippen molar-refractivity contribution in [2.45, 2.75) is 65.7 Å². The molecule has 0 heterocycles. The van der Waals surface area contributed by atoms with Gasteiger partial charge in [-0.1, -0.05) is 65.0 Å². The molecule has 0 spiro atoms. The first-order valence-corrected chi connectivity index (χ1v) is 9.99. The second kappa shape index (κ2) is 10.8. The fraction of sp³-hybridized carbons (Fsp3) is 0.458. The van der Waals surface area contributed by atoms with Gasteiger partial charge in [-0.05, 0) is 53.5 Å². The number of benzene rings is 2. The smallest absolute Gasteiger partial charge is 0.307 e. The number of hydrogen-bond donors (Lipinski definition) is 1. The first kappa shape index (κ1) is 22.8. The highest BCUT2D eigenvalue weighted by Crippen LogP contribution is 2.36. The molecule has 3 nitrogen and oxygen atoms in total. The third-order valence-corrected chi connectivity index (χ3v) is 5.48. The lowest BCUT2D eigenvalue weighted by atomic mass is 9.73. The van der Waals surface area contributed by atoms with Crippen LogP contribution in [0.2, 0.25) is 0 Å². The average Bonchev–Trinajstić information content (AvgIpc) is 2.71. The summed E-state index contributed by atoms with van der Waals surface area (Å²) >= 11 is 0. The number of carboxylic acid groups (broad SMARTS) is 1. The summed E-state index contributed by atoms with van der Waals surface area (Å²) in [7, 11) is 1.56. The lowest BCUT2D eigenvalue weighted by Gasteiger charge is -2.31. The topological polar surface area (TPSA) is 46.5 Å². The van der Waals surface area contributed by atoms with Crippen LogP contribution in [-0.2, 0) is 16.6 Å². The van der Waals surface area contributed by atoms with Crippen LogP contribution in [0.4, 0.5) is 0 Å². The monoisotopic (exact) mass is 370 g/mol. The molecule has 0 bridgehead atoms. The fourth-order valence-electron chi connectivity index (χ4n) is 3.64. The third-order valence-electron chi connectivity index (χ3n) is 5.48. The van der Waals surface area contributed by atoms with E-state index in [-0.39, 0.29) is 11.8 Å². The Morgan fingerprint density at radius 2 is 1.44 bits per heavy atom. The number of carbonyl (C=O) groups is 1. The van der Waals surface area contributed by atoms with Crippen LogP contribution < -0.4 is 4.74 Å². The van der Waals surface area contributed by atoms with Crippen LogP contribution in [0.3, 0.4) is 0 Å². The van der Waals surface area contributed by atoms with Gasteiger partial charge < -0.3 is 9.84 Å². The minimum Gasteiger partial charge on any atom is -0.496 e. The molecule has 0 aromatic heterocycles. The second-order valence-corrected chi connectivity index (χ2v) is 6.52. The molecular formula is C24H34O3. The standard InChI is InChI=1S/C22H28O3.C2H6/c1-5-22(6-2,7-3)19-11-8-16(9-12-19)17-10-13-20(25-4)18(14-17)15-21(23)24;1-2/h8-14H,5-7,15H2,1-4H3,(H,23,24);1-2H3. The van der Waals surface area contributed by atoms with Gasteiger partial charge in [-0.2, -0.15) is 0 Å². The predicted molar refractivity (Wildman–Crippen MR) is 114 cm³/mol. The predicted octanol–water partition coefficient (Wildman–Crippen LogP) is 6.48. The van der Waals surface area contributed by atoms with Gasteiger partial charge in [0.2, 0.25) is 0 Å². The summed E-state index contributed by atoms with van der Waals surface area (Å²) < 4.78 is 5.28. The number of methoxy groups -OCH3 is 1. The molecule has 2 rings (SSSR count). The Morgan fingerprint density at radius 1 is 0.926 bits per heavy atom. The summed E-state index contributed by atoms with van der Waals surface area (Å²) in [5, 5.41) is 9.10. The maximum absolute atomic E-state index is 11.1. The van der Waals surface area contributed by atoms with Crippen molar-refractivity contribution in [3.63, 3.8) is 0 Å². The molecule has 0 aliphatic rings. The van der Waals surface area contributed by atoms with E-state index in [0.717, 1.165) is 30.4 Å². The van der Waals surface area contributed by atoms with Gasteiger partial charge in [0, 0.05) is 5.56 Å². The summed E-state index contributed by atoms with van der Waals surface area (Å²) in [6.45, 7) is 10.8. The van der Waals surface area contributed by atoms with Crippen molar-refractivity contribution in [1.29, 1.82) is 0 Å². The van der Waals surface area contributed by atoms with E-state index < -0.39 is 5.97 Å². The highest BCUT2D eigenvalue weighted by molar-refractivity contribution is 5.74. The summed E-state index contributed by atoms with van der Waals surface area (Å²) in [5.74, 6) is -0.242. The summed E-state index contributed by atoms with van der Waals surface area (Å²) in [4.78, 5) is 11.1. The maximum Gasteiger partial charge on any atom is 0.307 e. The number of aliphatic carboxylic acids is 1. The van der Waals surface area contributed by atoms with Crippen LogP contribution in [-0.4, -0.2) is 18.2 Å². The highest BCUT2D eigenvalue weighted by Gasteiger charge is 2.25. The molecule has 0 amide bonds. The molecule has 0 fully saturated rings. The molecule has 1 N–H and O–H groups in total. The van der Waals surface area contributed by atoms with Crippen LogP contribution in [0.1, 0.15) is 65.0 Å². The zero-order valence-corrected chi connectivity index (χ0v) is 17.6. The van der Waals surface area contributed by atoms with Gasteiger partial charge in [0.15, 0.2) is 0 Å². The Morgan fingerprint density at radius 3 is 1.89 bits per heavy atom. The molecule has 0 aliphatic carbocycles. The van der Waals surface area contributed by atoms with E-state index in [0.29, 0.717) is 11.3 Å². The molecule has 2 aromatic rings. The molecule has 0 aliphatic heterocycles. The van der Waals surface area contributed by atoms with Crippen molar-refractivity contribution in [2.75, 3.05) is 7.11 Å². The van der Waals surface area contributed by atoms with Crippen LogP contribution in [0.15, 0.2) is 42.5 Å². The van der Waals surface area contributed by atoms with Gasteiger partial charge in [0.25, 0.3) is 0 Å². The molecule has 2 aromatic carbocycles. The Hall–Kier alpha value is -2.29. The van der Waals surface area contributed by atoms with Gasteiger partial charge in [0.05, 0.1) is 13.5 Å². The van der Waals surface area contributed by atoms with Crippen molar-refractivity contribution < 1.29 is 14.6 Å².